The van der Waals surface area contributed by atoms with E-state index in [0.29, 0.717) is 49.0 Å². The van der Waals surface area contributed by atoms with Gasteiger partial charge in [-0.25, -0.2) is 14.2 Å². The van der Waals surface area contributed by atoms with Crippen molar-refractivity contribution < 1.29 is 23.5 Å². The van der Waals surface area contributed by atoms with Crippen molar-refractivity contribution in [2.24, 2.45) is 14.1 Å². The van der Waals surface area contributed by atoms with Gasteiger partial charge < -0.3 is 24.7 Å². The number of fused-ring (bicyclic) bond motifs is 1. The summed E-state index contributed by atoms with van der Waals surface area (Å²) in [5.41, 5.74) is 0.0882. The average molecular weight is 661 g/mol. The molecule has 2 aromatic heterocycles. The van der Waals surface area contributed by atoms with Crippen LogP contribution in [-0.4, -0.2) is 63.2 Å². The first-order valence-electron chi connectivity index (χ1n) is 14.9. The number of halogens is 2. The SMILES string of the molecule is COc1nc(-c2cccc(-c3cccc(NC(=O)c4cn(C)c(=O)n(C)c4=O)c3Cl)c2F)cc2c1C(N1CC3(CCC(=O)N3)C1)CO2. The van der Waals surface area contributed by atoms with E-state index in [1.807, 2.05) is 0 Å². The Morgan fingerprint density at radius 1 is 1.13 bits per heavy atom. The van der Waals surface area contributed by atoms with Crippen LogP contribution in [0.1, 0.15) is 34.8 Å². The number of pyridine rings is 1. The Morgan fingerprint density at radius 3 is 2.57 bits per heavy atom. The van der Waals surface area contributed by atoms with Crippen molar-refractivity contribution in [2.75, 3.05) is 32.1 Å². The molecule has 14 heteroatoms. The zero-order valence-electron chi connectivity index (χ0n) is 25.7. The van der Waals surface area contributed by atoms with Crippen LogP contribution in [0, 0.1) is 5.82 Å². The maximum absolute atomic E-state index is 16.3. The molecular weight excluding hydrogens is 631 g/mol. The molecule has 5 heterocycles. The molecule has 0 bridgehead atoms. The van der Waals surface area contributed by atoms with Crippen molar-refractivity contribution in [3.63, 3.8) is 0 Å². The summed E-state index contributed by atoms with van der Waals surface area (Å²) < 4.78 is 30.0. The second-order valence-electron chi connectivity index (χ2n) is 12.1. The van der Waals surface area contributed by atoms with Crippen molar-refractivity contribution in [3.8, 4) is 34.0 Å². The Balaban J connectivity index is 1.18. The van der Waals surface area contributed by atoms with Crippen molar-refractivity contribution in [1.29, 1.82) is 0 Å². The summed E-state index contributed by atoms with van der Waals surface area (Å²) in [4.78, 5) is 56.4. The Labute approximate surface area is 272 Å². The zero-order valence-corrected chi connectivity index (χ0v) is 26.5. The third-order valence-electron chi connectivity index (χ3n) is 9.10. The number of hydrogen-bond acceptors (Lipinski definition) is 8. The third-order valence-corrected chi connectivity index (χ3v) is 9.51. The van der Waals surface area contributed by atoms with Gasteiger partial charge in [0, 0.05) is 62.6 Å². The van der Waals surface area contributed by atoms with Gasteiger partial charge in [0.2, 0.25) is 11.8 Å². The number of ether oxygens (including phenoxy) is 2. The van der Waals surface area contributed by atoms with Crippen LogP contribution in [0.5, 0.6) is 11.6 Å². The predicted octanol–water partition coefficient (Wildman–Crippen LogP) is 3.26. The van der Waals surface area contributed by atoms with E-state index in [-0.39, 0.29) is 44.9 Å². The van der Waals surface area contributed by atoms with Crippen LogP contribution in [-0.2, 0) is 18.9 Å². The van der Waals surface area contributed by atoms with E-state index in [2.05, 4.69) is 20.5 Å². The van der Waals surface area contributed by atoms with Crippen LogP contribution in [0.3, 0.4) is 0 Å². The Morgan fingerprint density at radius 2 is 1.85 bits per heavy atom. The lowest BCUT2D eigenvalue weighted by Gasteiger charge is -2.50. The quantitative estimate of drug-likeness (QED) is 0.322. The van der Waals surface area contributed by atoms with Gasteiger partial charge in [-0.05, 0) is 18.6 Å². The molecule has 2 fully saturated rings. The summed E-state index contributed by atoms with van der Waals surface area (Å²) in [6.07, 6.45) is 2.49. The maximum Gasteiger partial charge on any atom is 0.330 e. The largest absolute Gasteiger partial charge is 0.491 e. The van der Waals surface area contributed by atoms with E-state index in [4.69, 9.17) is 21.1 Å². The number of rotatable bonds is 6. The minimum Gasteiger partial charge on any atom is -0.491 e. The van der Waals surface area contributed by atoms with Gasteiger partial charge in [-0.3, -0.25) is 23.9 Å². The molecule has 0 aliphatic carbocycles. The second kappa shape index (κ2) is 11.4. The summed E-state index contributed by atoms with van der Waals surface area (Å²) in [5, 5.41) is 5.76. The summed E-state index contributed by atoms with van der Waals surface area (Å²) in [6.45, 7) is 1.79. The highest BCUT2D eigenvalue weighted by molar-refractivity contribution is 6.36. The zero-order chi connectivity index (χ0) is 33.2. The number of nitrogens with zero attached hydrogens (tertiary/aromatic N) is 4. The molecule has 1 spiro atoms. The lowest BCUT2D eigenvalue weighted by atomic mass is 9.86. The number of methoxy groups -OCH3 is 1. The number of hydrogen-bond donors (Lipinski definition) is 2. The fourth-order valence-electron chi connectivity index (χ4n) is 6.66. The van der Waals surface area contributed by atoms with Crippen LogP contribution >= 0.6 is 11.6 Å². The first-order valence-corrected chi connectivity index (χ1v) is 15.3. The average Bonchev–Trinajstić information content (AvgIpc) is 3.65. The first kappa shape index (κ1) is 30.6. The molecule has 1 unspecified atom stereocenters. The molecule has 12 nitrogen and oxygen atoms in total. The number of benzene rings is 2. The molecule has 1 atom stereocenters. The third kappa shape index (κ3) is 5.06. The van der Waals surface area contributed by atoms with Gasteiger partial charge >= 0.3 is 5.69 Å². The van der Waals surface area contributed by atoms with Crippen LogP contribution < -0.4 is 31.4 Å². The molecule has 7 rings (SSSR count). The van der Waals surface area contributed by atoms with Crippen molar-refractivity contribution >= 4 is 29.1 Å². The van der Waals surface area contributed by atoms with E-state index >= 15 is 4.39 Å². The van der Waals surface area contributed by atoms with Gasteiger partial charge in [0.15, 0.2) is 0 Å². The summed E-state index contributed by atoms with van der Waals surface area (Å²) >= 11 is 6.71. The molecule has 47 heavy (non-hydrogen) atoms. The number of nitrogens with one attached hydrogen (secondary N) is 2. The highest BCUT2D eigenvalue weighted by Crippen LogP contribution is 2.47. The summed E-state index contributed by atoms with van der Waals surface area (Å²) in [7, 11) is 4.21. The lowest BCUT2D eigenvalue weighted by molar-refractivity contribution is -0.121. The van der Waals surface area contributed by atoms with Gasteiger partial charge in [-0.15, -0.1) is 0 Å². The second-order valence-corrected chi connectivity index (χ2v) is 12.5. The Hall–Kier alpha value is -5.01. The molecule has 0 radical (unpaired) electrons. The molecule has 4 aromatic rings. The molecule has 3 aliphatic heterocycles. The van der Waals surface area contributed by atoms with Gasteiger partial charge in [-0.2, -0.15) is 0 Å². The number of aromatic nitrogens is 3. The molecule has 2 amide bonds. The van der Waals surface area contributed by atoms with Gasteiger partial charge in [0.25, 0.3) is 11.5 Å². The van der Waals surface area contributed by atoms with E-state index < -0.39 is 23.0 Å². The number of amides is 2. The molecule has 3 aliphatic rings. The first-order chi connectivity index (χ1) is 22.5. The van der Waals surface area contributed by atoms with Crippen LogP contribution in [0.2, 0.25) is 5.02 Å². The van der Waals surface area contributed by atoms with Crippen molar-refractivity contribution in [2.45, 2.75) is 24.4 Å². The number of aryl methyl sites for hydroxylation is 1. The van der Waals surface area contributed by atoms with Crippen molar-refractivity contribution in [3.05, 3.63) is 91.5 Å². The normalized spacial score (nSPS) is 18.0. The maximum atomic E-state index is 16.3. The Kier molecular flexibility index (Phi) is 7.40. The number of carbonyl (C=O) groups is 2. The summed E-state index contributed by atoms with van der Waals surface area (Å²) in [6, 6.07) is 11.1. The van der Waals surface area contributed by atoms with E-state index in [1.54, 1.807) is 36.4 Å². The fraction of sp³-hybridized carbons (Fsp3) is 0.303. The molecule has 2 N–H and O–H groups in total. The van der Waals surface area contributed by atoms with E-state index in [0.717, 1.165) is 27.3 Å². The standard InChI is InChI=1S/C33H30ClFN6O6/c1-39-13-20(31(44)40(2)32(39)45)29(43)36-21-9-5-6-17(27(21)34)18-7-4-8-19(28(18)35)22-12-24-26(30(37-22)46-3)23(14-47-24)41-15-33(16-41)11-10-25(42)38-33/h4-9,12-13,23H,10-11,14-16H2,1-3H3,(H,36,43)(H,38,42). The highest BCUT2D eigenvalue weighted by Gasteiger charge is 2.51. The number of anilines is 1. The molecular formula is C33H30ClFN6O6. The monoisotopic (exact) mass is 660 g/mol. The molecule has 242 valence electrons. The highest BCUT2D eigenvalue weighted by atomic mass is 35.5. The molecule has 2 saturated heterocycles. The van der Waals surface area contributed by atoms with Crippen molar-refractivity contribution in [1.82, 2.24) is 24.3 Å². The number of carbonyl (C=O) groups excluding carboxylic acids is 2. The van der Waals surface area contributed by atoms with Crippen LogP contribution in [0.25, 0.3) is 22.4 Å². The molecule has 2 aromatic carbocycles. The van der Waals surface area contributed by atoms with Gasteiger partial charge in [0.05, 0.1) is 40.7 Å². The van der Waals surface area contributed by atoms with E-state index in [1.165, 1.54) is 27.3 Å². The topological polar surface area (TPSA) is 137 Å². The summed E-state index contributed by atoms with van der Waals surface area (Å²) in [5.74, 6) is -0.426. The Bertz CT molecular complexity index is 2110. The fourth-order valence-corrected chi connectivity index (χ4v) is 6.93. The smallest absolute Gasteiger partial charge is 0.330 e. The van der Waals surface area contributed by atoms with E-state index in [9.17, 15) is 19.2 Å². The number of likely N-dealkylation sites (tertiary alicyclic amines) is 1. The molecule has 0 saturated carbocycles. The minimum atomic E-state index is -0.774. The van der Waals surface area contributed by atoms with Gasteiger partial charge in [0.1, 0.15) is 23.7 Å². The predicted molar refractivity (Wildman–Crippen MR) is 171 cm³/mol. The van der Waals surface area contributed by atoms with Crippen LogP contribution in [0.15, 0.2) is 58.3 Å². The van der Waals surface area contributed by atoms with Crippen LogP contribution in [0.4, 0.5) is 10.1 Å². The van der Waals surface area contributed by atoms with Gasteiger partial charge in [-0.1, -0.05) is 35.9 Å². The minimum absolute atomic E-state index is 0.0509. The lowest BCUT2D eigenvalue weighted by Crippen LogP contribution is -2.67.